The number of phenols is 1. The molecule has 124 valence electrons. The van der Waals surface area contributed by atoms with E-state index in [1.165, 1.54) is 0 Å². The molecule has 1 aliphatic heterocycles. The number of anilines is 1. The van der Waals surface area contributed by atoms with Crippen LogP contribution >= 0.6 is 11.6 Å². The minimum Gasteiger partial charge on any atom is -0.502 e. The minimum atomic E-state index is -2.87. The number of halogens is 3. The Kier molecular flexibility index (Phi) is 3.36. The molecule has 1 heterocycles. The molecule has 0 aromatic heterocycles. The summed E-state index contributed by atoms with van der Waals surface area (Å²) < 4.78 is 27.0. The molecule has 0 atom stereocenters. The van der Waals surface area contributed by atoms with Crippen molar-refractivity contribution >= 4 is 29.0 Å². The van der Waals surface area contributed by atoms with E-state index in [2.05, 4.69) is 10.6 Å². The topological polar surface area (TPSA) is 104 Å². The minimum absolute atomic E-state index is 0.00759. The number of nitrogens with zero attached hydrogens (tertiary/aromatic N) is 1. The van der Waals surface area contributed by atoms with Crippen molar-refractivity contribution in [3.8, 4) is 5.75 Å². The van der Waals surface area contributed by atoms with Crippen LogP contribution in [0.2, 0.25) is 5.02 Å². The number of carbonyl (C=O) groups excluding carboxylic acids is 1. The van der Waals surface area contributed by atoms with Gasteiger partial charge in [0.15, 0.2) is 0 Å². The molecule has 23 heavy (non-hydrogen) atoms. The van der Waals surface area contributed by atoms with Gasteiger partial charge in [-0.05, 0) is 12.8 Å². The quantitative estimate of drug-likeness (QED) is 0.534. The Hall–Kier alpha value is -2.16. The third-order valence-corrected chi connectivity index (χ3v) is 4.63. The molecule has 1 fully saturated rings. The van der Waals surface area contributed by atoms with E-state index in [-0.39, 0.29) is 29.1 Å². The smallest absolute Gasteiger partial charge is 0.319 e. The second kappa shape index (κ2) is 4.92. The number of nitro benzene ring substituents is 1. The van der Waals surface area contributed by atoms with Gasteiger partial charge in [0.25, 0.3) is 0 Å². The number of carbonyl (C=O) groups is 1. The van der Waals surface area contributed by atoms with Crippen molar-refractivity contribution < 1.29 is 23.6 Å². The van der Waals surface area contributed by atoms with Gasteiger partial charge >= 0.3 is 11.7 Å². The number of fused-ring (bicyclic) bond motifs is 2. The second-order valence-electron chi connectivity index (χ2n) is 5.75. The van der Waals surface area contributed by atoms with Crippen LogP contribution < -0.4 is 10.6 Å². The average Bonchev–Trinajstić information content (AvgIpc) is 2.45. The molecule has 7 nitrogen and oxygen atoms in total. The molecular formula is C13H12ClF2N3O4. The zero-order chi connectivity index (χ0) is 17.0. The number of hydrogen-bond donors (Lipinski definition) is 3. The lowest BCUT2D eigenvalue weighted by Gasteiger charge is -2.44. The maximum atomic E-state index is 13.5. The number of phenolic OH excluding ortho intramolecular Hbond substituents is 1. The van der Waals surface area contributed by atoms with Crippen molar-refractivity contribution in [3.05, 3.63) is 26.8 Å². The first-order valence-corrected chi connectivity index (χ1v) is 7.20. The molecule has 1 aliphatic carbocycles. The molecule has 0 bridgehead atoms. The van der Waals surface area contributed by atoms with Gasteiger partial charge in [-0.2, -0.15) is 0 Å². The zero-order valence-corrected chi connectivity index (χ0v) is 12.4. The fourth-order valence-electron chi connectivity index (χ4n) is 3.20. The molecule has 1 aromatic carbocycles. The highest BCUT2D eigenvalue weighted by Crippen LogP contribution is 2.53. The summed E-state index contributed by atoms with van der Waals surface area (Å²) >= 11 is 5.98. The van der Waals surface area contributed by atoms with Gasteiger partial charge in [0.05, 0.1) is 26.7 Å². The Morgan fingerprint density at radius 1 is 1.30 bits per heavy atom. The highest BCUT2D eigenvalue weighted by molar-refractivity contribution is 6.34. The lowest BCUT2D eigenvalue weighted by Crippen LogP contribution is -2.54. The van der Waals surface area contributed by atoms with Gasteiger partial charge in [0, 0.05) is 18.9 Å². The highest BCUT2D eigenvalue weighted by atomic mass is 35.5. The van der Waals surface area contributed by atoms with Crippen molar-refractivity contribution in [2.75, 3.05) is 5.32 Å². The summed E-state index contributed by atoms with van der Waals surface area (Å²) in [5, 5.41) is 26.1. The summed E-state index contributed by atoms with van der Waals surface area (Å²) in [5.74, 6) is -3.55. The number of alkyl halides is 2. The van der Waals surface area contributed by atoms with E-state index in [0.717, 1.165) is 6.07 Å². The van der Waals surface area contributed by atoms with Crippen molar-refractivity contribution in [3.63, 3.8) is 0 Å². The van der Waals surface area contributed by atoms with Crippen molar-refractivity contribution in [2.45, 2.75) is 37.1 Å². The van der Waals surface area contributed by atoms with Crippen molar-refractivity contribution in [2.24, 2.45) is 0 Å². The first-order valence-electron chi connectivity index (χ1n) is 6.82. The van der Waals surface area contributed by atoms with Crippen LogP contribution in [0.1, 0.15) is 31.2 Å². The van der Waals surface area contributed by atoms with Crippen LogP contribution in [0, 0.1) is 10.1 Å². The molecular weight excluding hydrogens is 336 g/mol. The lowest BCUT2D eigenvalue weighted by atomic mass is 9.73. The zero-order valence-electron chi connectivity index (χ0n) is 11.7. The molecule has 3 N–H and O–H groups in total. The van der Waals surface area contributed by atoms with E-state index in [9.17, 15) is 28.8 Å². The summed E-state index contributed by atoms with van der Waals surface area (Å²) in [4.78, 5) is 22.1. The molecule has 1 spiro atoms. The molecule has 3 rings (SSSR count). The Bertz CT molecular complexity index is 716. The number of aromatic hydroxyl groups is 1. The summed E-state index contributed by atoms with van der Waals surface area (Å²) in [7, 11) is 0. The first-order chi connectivity index (χ1) is 10.7. The van der Waals surface area contributed by atoms with Crippen LogP contribution in [-0.4, -0.2) is 22.0 Å². The molecule has 2 amide bonds. The second-order valence-corrected chi connectivity index (χ2v) is 6.16. The Morgan fingerprint density at radius 2 is 1.91 bits per heavy atom. The normalized spacial score (nSPS) is 21.3. The summed E-state index contributed by atoms with van der Waals surface area (Å²) in [6.45, 7) is 0. The fraction of sp³-hybridized carbons (Fsp3) is 0.462. The maximum Gasteiger partial charge on any atom is 0.319 e. The molecule has 0 unspecified atom stereocenters. The monoisotopic (exact) mass is 347 g/mol. The van der Waals surface area contributed by atoms with E-state index in [1.807, 2.05) is 0 Å². The number of urea groups is 1. The number of rotatable bonds is 1. The molecule has 0 radical (unpaired) electrons. The molecule has 0 saturated heterocycles. The van der Waals surface area contributed by atoms with Crippen molar-refractivity contribution in [1.29, 1.82) is 0 Å². The Balaban J connectivity index is 2.20. The number of nitrogens with one attached hydrogen (secondary N) is 2. The van der Waals surface area contributed by atoms with E-state index in [1.54, 1.807) is 0 Å². The SMILES string of the molecule is O=C1Nc2c(Cl)cc([N+](=O)[O-])c(O)c2C2(CCC(F)(F)CC2)N1. The van der Waals surface area contributed by atoms with Crippen LogP contribution in [0.5, 0.6) is 5.75 Å². The number of hydrogen-bond acceptors (Lipinski definition) is 4. The Morgan fingerprint density at radius 3 is 2.48 bits per heavy atom. The van der Waals surface area contributed by atoms with Crippen LogP contribution in [-0.2, 0) is 5.54 Å². The lowest BCUT2D eigenvalue weighted by molar-refractivity contribution is -0.386. The molecule has 1 aromatic rings. The maximum absolute atomic E-state index is 13.5. The molecule has 2 aliphatic rings. The predicted octanol–water partition coefficient (Wildman–Crippen LogP) is 3.49. The van der Waals surface area contributed by atoms with Crippen LogP contribution in [0.4, 0.5) is 25.0 Å². The summed E-state index contributed by atoms with van der Waals surface area (Å²) in [5.41, 5.74) is -1.93. The first kappa shape index (κ1) is 15.7. The predicted molar refractivity (Wildman–Crippen MR) is 77.0 cm³/mol. The molecule has 1 saturated carbocycles. The number of benzene rings is 1. The van der Waals surface area contributed by atoms with Gasteiger partial charge < -0.3 is 15.7 Å². The third kappa shape index (κ3) is 2.44. The van der Waals surface area contributed by atoms with E-state index < -0.39 is 46.7 Å². The van der Waals surface area contributed by atoms with Gasteiger partial charge in [0.1, 0.15) is 0 Å². The van der Waals surface area contributed by atoms with Crippen LogP contribution in [0.25, 0.3) is 0 Å². The van der Waals surface area contributed by atoms with Gasteiger partial charge in [-0.15, -0.1) is 0 Å². The van der Waals surface area contributed by atoms with Gasteiger partial charge in [-0.25, -0.2) is 13.6 Å². The van der Waals surface area contributed by atoms with E-state index in [4.69, 9.17) is 11.6 Å². The van der Waals surface area contributed by atoms with E-state index >= 15 is 0 Å². The number of nitro groups is 1. The van der Waals surface area contributed by atoms with Crippen molar-refractivity contribution in [1.82, 2.24) is 5.32 Å². The number of amides is 2. The average molecular weight is 348 g/mol. The van der Waals surface area contributed by atoms with E-state index in [0.29, 0.717) is 0 Å². The highest BCUT2D eigenvalue weighted by Gasteiger charge is 2.50. The van der Waals surface area contributed by atoms with Crippen LogP contribution in [0.15, 0.2) is 6.07 Å². The Labute approximate surface area is 133 Å². The summed E-state index contributed by atoms with van der Waals surface area (Å²) in [6, 6.07) is 0.268. The van der Waals surface area contributed by atoms with Gasteiger partial charge in [-0.1, -0.05) is 11.6 Å². The third-order valence-electron chi connectivity index (χ3n) is 4.33. The fourth-order valence-corrected chi connectivity index (χ4v) is 3.44. The van der Waals surface area contributed by atoms with Gasteiger partial charge in [0.2, 0.25) is 11.7 Å². The van der Waals surface area contributed by atoms with Gasteiger partial charge in [-0.3, -0.25) is 10.1 Å². The summed E-state index contributed by atoms with van der Waals surface area (Å²) in [6.07, 6.45) is -1.34. The standard InChI is InChI=1S/C13H12ClF2N3O4/c14-6-5-7(19(22)23)10(20)8-9(6)17-11(21)18-12(8)1-3-13(15,16)4-2-12/h5,20H,1-4H2,(H2,17,18,21). The van der Waals surface area contributed by atoms with Crippen LogP contribution in [0.3, 0.4) is 0 Å². The molecule has 10 heteroatoms. The largest absolute Gasteiger partial charge is 0.502 e.